The SMILES string of the molecule is CC1=CC(C)CC(C(O)CN)C1. The van der Waals surface area contributed by atoms with Gasteiger partial charge in [0.15, 0.2) is 0 Å². The maximum atomic E-state index is 9.57. The molecule has 0 heterocycles. The summed E-state index contributed by atoms with van der Waals surface area (Å²) in [6.07, 6.45) is 4.08. The molecule has 0 aromatic carbocycles. The lowest BCUT2D eigenvalue weighted by Gasteiger charge is -2.28. The first-order valence-electron chi connectivity index (χ1n) is 4.69. The van der Waals surface area contributed by atoms with Crippen LogP contribution in [0.5, 0.6) is 0 Å². The Morgan fingerprint density at radius 2 is 2.42 bits per heavy atom. The van der Waals surface area contributed by atoms with Gasteiger partial charge in [0.25, 0.3) is 0 Å². The van der Waals surface area contributed by atoms with E-state index in [4.69, 9.17) is 5.73 Å². The zero-order chi connectivity index (χ0) is 9.14. The van der Waals surface area contributed by atoms with Crippen molar-refractivity contribution in [2.75, 3.05) is 6.54 Å². The molecule has 1 aliphatic rings. The Kier molecular flexibility index (Phi) is 3.29. The molecule has 2 nitrogen and oxygen atoms in total. The molecule has 0 spiro atoms. The first-order valence-corrected chi connectivity index (χ1v) is 4.69. The lowest BCUT2D eigenvalue weighted by Crippen LogP contribution is -2.31. The Labute approximate surface area is 74.5 Å². The van der Waals surface area contributed by atoms with E-state index in [1.54, 1.807) is 0 Å². The zero-order valence-electron chi connectivity index (χ0n) is 7.96. The van der Waals surface area contributed by atoms with Crippen LogP contribution in [0, 0.1) is 11.8 Å². The van der Waals surface area contributed by atoms with Gasteiger partial charge in [-0.25, -0.2) is 0 Å². The van der Waals surface area contributed by atoms with Gasteiger partial charge < -0.3 is 10.8 Å². The van der Waals surface area contributed by atoms with E-state index in [0.29, 0.717) is 18.4 Å². The highest BCUT2D eigenvalue weighted by Gasteiger charge is 2.23. The molecule has 0 bridgehead atoms. The maximum absolute atomic E-state index is 9.57. The standard InChI is InChI=1S/C10H19NO/c1-7-3-8(2)5-9(4-7)10(12)6-11/h3,7,9-10,12H,4-6,11H2,1-2H3. The number of allylic oxidation sites excluding steroid dienone is 2. The predicted molar refractivity (Wildman–Crippen MR) is 50.7 cm³/mol. The molecule has 3 N–H and O–H groups in total. The maximum Gasteiger partial charge on any atom is 0.0693 e. The van der Waals surface area contributed by atoms with Gasteiger partial charge >= 0.3 is 0 Å². The summed E-state index contributed by atoms with van der Waals surface area (Å²) in [7, 11) is 0. The van der Waals surface area contributed by atoms with E-state index in [9.17, 15) is 5.11 Å². The molecule has 0 aromatic heterocycles. The Hall–Kier alpha value is -0.340. The van der Waals surface area contributed by atoms with E-state index in [0.717, 1.165) is 12.8 Å². The summed E-state index contributed by atoms with van der Waals surface area (Å²) >= 11 is 0. The molecule has 0 aromatic rings. The Balaban J connectivity index is 2.55. The molecule has 0 saturated carbocycles. The highest BCUT2D eigenvalue weighted by Crippen LogP contribution is 2.29. The highest BCUT2D eigenvalue weighted by atomic mass is 16.3. The van der Waals surface area contributed by atoms with Crippen LogP contribution in [0.4, 0.5) is 0 Å². The molecule has 0 radical (unpaired) electrons. The number of aliphatic hydroxyl groups is 1. The Morgan fingerprint density at radius 1 is 1.75 bits per heavy atom. The minimum Gasteiger partial charge on any atom is -0.392 e. The van der Waals surface area contributed by atoms with Crippen LogP contribution in [0.2, 0.25) is 0 Å². The van der Waals surface area contributed by atoms with Crippen molar-refractivity contribution in [1.29, 1.82) is 0 Å². The van der Waals surface area contributed by atoms with Crippen molar-refractivity contribution in [2.24, 2.45) is 17.6 Å². The summed E-state index contributed by atoms with van der Waals surface area (Å²) in [5.74, 6) is 0.986. The second-order valence-corrected chi connectivity index (χ2v) is 3.99. The first-order chi connectivity index (χ1) is 5.63. The second-order valence-electron chi connectivity index (χ2n) is 3.99. The van der Waals surface area contributed by atoms with Gasteiger partial charge in [0.05, 0.1) is 6.10 Å². The molecule has 12 heavy (non-hydrogen) atoms. The fraction of sp³-hybridized carbons (Fsp3) is 0.800. The number of hydrogen-bond acceptors (Lipinski definition) is 2. The molecule has 3 unspecified atom stereocenters. The Morgan fingerprint density at radius 3 is 2.92 bits per heavy atom. The van der Waals surface area contributed by atoms with Crippen LogP contribution in [0.25, 0.3) is 0 Å². The topological polar surface area (TPSA) is 46.2 Å². The van der Waals surface area contributed by atoms with Crippen LogP contribution >= 0.6 is 0 Å². The van der Waals surface area contributed by atoms with E-state index >= 15 is 0 Å². The minimum atomic E-state index is -0.309. The van der Waals surface area contributed by atoms with Gasteiger partial charge in [0.2, 0.25) is 0 Å². The van der Waals surface area contributed by atoms with Crippen LogP contribution < -0.4 is 5.73 Å². The highest BCUT2D eigenvalue weighted by molar-refractivity contribution is 5.07. The summed E-state index contributed by atoms with van der Waals surface area (Å²) in [6.45, 7) is 4.72. The fourth-order valence-electron chi connectivity index (χ4n) is 2.08. The Bertz CT molecular complexity index is 177. The quantitative estimate of drug-likeness (QED) is 0.612. The summed E-state index contributed by atoms with van der Waals surface area (Å²) in [6, 6.07) is 0. The molecule has 0 amide bonds. The zero-order valence-corrected chi connectivity index (χ0v) is 7.96. The molecule has 1 aliphatic carbocycles. The van der Waals surface area contributed by atoms with Gasteiger partial charge in [-0.2, -0.15) is 0 Å². The van der Waals surface area contributed by atoms with Crippen molar-refractivity contribution < 1.29 is 5.11 Å². The first kappa shape index (κ1) is 9.75. The average Bonchev–Trinajstić information content (AvgIpc) is 2.01. The largest absolute Gasteiger partial charge is 0.392 e. The van der Waals surface area contributed by atoms with Gasteiger partial charge in [-0.15, -0.1) is 0 Å². The molecule has 1 rings (SSSR count). The number of rotatable bonds is 2. The van der Waals surface area contributed by atoms with Crippen LogP contribution in [0.15, 0.2) is 11.6 Å². The van der Waals surface area contributed by atoms with Crippen molar-refractivity contribution in [1.82, 2.24) is 0 Å². The van der Waals surface area contributed by atoms with Gasteiger partial charge in [-0.05, 0) is 31.6 Å². The third-order valence-corrected chi connectivity index (χ3v) is 2.61. The van der Waals surface area contributed by atoms with Crippen LogP contribution in [0.1, 0.15) is 26.7 Å². The third kappa shape index (κ3) is 2.32. The van der Waals surface area contributed by atoms with Crippen molar-refractivity contribution in [3.8, 4) is 0 Å². The number of hydrogen-bond donors (Lipinski definition) is 2. The lowest BCUT2D eigenvalue weighted by molar-refractivity contribution is 0.100. The molecule has 2 heteroatoms. The molecule has 3 atom stereocenters. The molecule has 70 valence electrons. The van der Waals surface area contributed by atoms with Crippen LogP contribution in [0.3, 0.4) is 0 Å². The minimum absolute atomic E-state index is 0.309. The summed E-state index contributed by atoms with van der Waals surface area (Å²) in [5, 5.41) is 9.57. The molecule has 0 saturated heterocycles. The van der Waals surface area contributed by atoms with Crippen molar-refractivity contribution in [2.45, 2.75) is 32.8 Å². The van der Waals surface area contributed by atoms with Crippen molar-refractivity contribution in [3.63, 3.8) is 0 Å². The normalized spacial score (nSPS) is 32.8. The van der Waals surface area contributed by atoms with E-state index in [-0.39, 0.29) is 6.10 Å². The van der Waals surface area contributed by atoms with Gasteiger partial charge in [0, 0.05) is 6.54 Å². The van der Waals surface area contributed by atoms with Crippen molar-refractivity contribution >= 4 is 0 Å². The smallest absolute Gasteiger partial charge is 0.0693 e. The average molecular weight is 169 g/mol. The van der Waals surface area contributed by atoms with Gasteiger partial charge in [-0.1, -0.05) is 18.6 Å². The molecular weight excluding hydrogens is 150 g/mol. The molecular formula is C10H19NO. The van der Waals surface area contributed by atoms with Crippen LogP contribution in [-0.4, -0.2) is 17.8 Å². The van der Waals surface area contributed by atoms with E-state index in [1.165, 1.54) is 5.57 Å². The van der Waals surface area contributed by atoms with E-state index in [1.807, 2.05) is 0 Å². The summed E-state index contributed by atoms with van der Waals surface area (Å²) in [4.78, 5) is 0. The third-order valence-electron chi connectivity index (χ3n) is 2.61. The second kappa shape index (κ2) is 4.06. The van der Waals surface area contributed by atoms with E-state index < -0.39 is 0 Å². The fourth-order valence-corrected chi connectivity index (χ4v) is 2.08. The van der Waals surface area contributed by atoms with E-state index in [2.05, 4.69) is 19.9 Å². The molecule has 0 fully saturated rings. The van der Waals surface area contributed by atoms with Crippen LogP contribution in [-0.2, 0) is 0 Å². The molecule has 0 aliphatic heterocycles. The number of aliphatic hydroxyl groups excluding tert-OH is 1. The van der Waals surface area contributed by atoms with Crippen molar-refractivity contribution in [3.05, 3.63) is 11.6 Å². The van der Waals surface area contributed by atoms with Gasteiger partial charge in [-0.3, -0.25) is 0 Å². The predicted octanol–water partition coefficient (Wildman–Crippen LogP) is 1.30. The summed E-state index contributed by atoms with van der Waals surface area (Å²) in [5.41, 5.74) is 6.82. The summed E-state index contributed by atoms with van der Waals surface area (Å²) < 4.78 is 0. The monoisotopic (exact) mass is 169 g/mol. The number of nitrogens with two attached hydrogens (primary N) is 1. The lowest BCUT2D eigenvalue weighted by atomic mass is 9.81. The van der Waals surface area contributed by atoms with Gasteiger partial charge in [0.1, 0.15) is 0 Å².